The Balaban J connectivity index is 1.47. The second kappa shape index (κ2) is 9.88. The molecule has 1 aliphatic heterocycles. The zero-order valence-electron chi connectivity index (χ0n) is 20.4. The molecule has 0 bridgehead atoms. The highest BCUT2D eigenvalue weighted by atomic mass is 32.2. The van der Waals surface area contributed by atoms with Crippen molar-refractivity contribution in [3.05, 3.63) is 71.0 Å². The van der Waals surface area contributed by atoms with Gasteiger partial charge in [-0.2, -0.15) is 0 Å². The Bertz CT molecular complexity index is 1250. The number of nitrogens with one attached hydrogen (secondary N) is 1. The van der Waals surface area contributed by atoms with Gasteiger partial charge in [0.15, 0.2) is 9.84 Å². The maximum Gasteiger partial charge on any atom is 0.181 e. The largest absolute Gasteiger partial charge is 0.389 e. The van der Waals surface area contributed by atoms with Gasteiger partial charge < -0.3 is 14.8 Å². The van der Waals surface area contributed by atoms with Crippen LogP contribution < -0.4 is 0 Å². The zero-order valence-corrected chi connectivity index (χ0v) is 21.2. The number of hydrogen-bond donors (Lipinski definition) is 2. The van der Waals surface area contributed by atoms with E-state index >= 15 is 0 Å². The lowest BCUT2D eigenvalue weighted by Gasteiger charge is -2.27. The number of aromatic nitrogens is 2. The first kappa shape index (κ1) is 24.2. The van der Waals surface area contributed by atoms with Crippen LogP contribution >= 0.6 is 0 Å². The molecule has 0 amide bonds. The van der Waals surface area contributed by atoms with Crippen molar-refractivity contribution in [2.75, 3.05) is 13.2 Å². The van der Waals surface area contributed by atoms with Gasteiger partial charge in [-0.15, -0.1) is 0 Å². The summed E-state index contributed by atoms with van der Waals surface area (Å²) in [7, 11) is -3.20. The number of hydrogen-bond acceptors (Lipinski definition) is 5. The number of ether oxygens (including phenoxy) is 1. The number of aliphatic hydroxyl groups excluding tert-OH is 1. The van der Waals surface area contributed by atoms with Crippen molar-refractivity contribution in [3.63, 3.8) is 0 Å². The average molecular weight is 495 g/mol. The Morgan fingerprint density at radius 1 is 1.06 bits per heavy atom. The van der Waals surface area contributed by atoms with E-state index in [2.05, 4.69) is 23.0 Å². The fourth-order valence-corrected chi connectivity index (χ4v) is 6.71. The van der Waals surface area contributed by atoms with Gasteiger partial charge in [0.2, 0.25) is 0 Å². The lowest BCUT2D eigenvalue weighted by Crippen LogP contribution is -2.19. The van der Waals surface area contributed by atoms with Gasteiger partial charge in [0.05, 0.1) is 27.6 Å². The van der Waals surface area contributed by atoms with Gasteiger partial charge in [-0.25, -0.2) is 8.42 Å². The van der Waals surface area contributed by atoms with Crippen LogP contribution in [0.5, 0.6) is 0 Å². The number of aliphatic hydroxyl groups is 1. The first-order valence-electron chi connectivity index (χ1n) is 12.6. The summed E-state index contributed by atoms with van der Waals surface area (Å²) in [5.41, 5.74) is 5.95. The van der Waals surface area contributed by atoms with Crippen molar-refractivity contribution in [2.24, 2.45) is 5.92 Å². The van der Waals surface area contributed by atoms with Gasteiger partial charge in [-0.05, 0) is 92.8 Å². The van der Waals surface area contributed by atoms with Crippen LogP contribution in [0.4, 0.5) is 0 Å². The van der Waals surface area contributed by atoms with Crippen LogP contribution in [-0.2, 0) is 14.6 Å². The Morgan fingerprint density at radius 3 is 2.34 bits per heavy atom. The predicted octanol–water partition coefficient (Wildman–Crippen LogP) is 5.32. The van der Waals surface area contributed by atoms with E-state index in [-0.39, 0.29) is 11.2 Å². The fourth-order valence-electron chi connectivity index (χ4n) is 5.06. The summed E-state index contributed by atoms with van der Waals surface area (Å²) < 4.78 is 31.0. The minimum atomic E-state index is -3.20. The summed E-state index contributed by atoms with van der Waals surface area (Å²) >= 11 is 0. The van der Waals surface area contributed by atoms with E-state index in [1.165, 1.54) is 0 Å². The number of H-pyrrole nitrogens is 1. The third kappa shape index (κ3) is 5.22. The minimum Gasteiger partial charge on any atom is -0.389 e. The molecule has 1 saturated carbocycles. The van der Waals surface area contributed by atoms with E-state index in [0.717, 1.165) is 79.1 Å². The van der Waals surface area contributed by atoms with E-state index in [1.807, 2.05) is 24.3 Å². The molecule has 0 radical (unpaired) electrons. The topological polar surface area (TPSA) is 92.3 Å². The first-order chi connectivity index (χ1) is 16.8. The summed E-state index contributed by atoms with van der Waals surface area (Å²) in [6.45, 7) is 5.40. The number of sulfone groups is 1. The van der Waals surface area contributed by atoms with Crippen LogP contribution in [-0.4, -0.2) is 42.0 Å². The quantitative estimate of drug-likeness (QED) is 0.442. The highest BCUT2D eigenvalue weighted by Gasteiger charge is 2.37. The molecule has 6 nitrogen and oxygen atoms in total. The van der Waals surface area contributed by atoms with Crippen LogP contribution in [0.2, 0.25) is 0 Å². The van der Waals surface area contributed by atoms with Crippen molar-refractivity contribution in [1.82, 2.24) is 9.97 Å². The second-order valence-electron chi connectivity index (χ2n) is 10.1. The molecule has 0 spiro atoms. The molecular weight excluding hydrogens is 460 g/mol. The molecule has 7 heteroatoms. The van der Waals surface area contributed by atoms with Crippen molar-refractivity contribution in [3.8, 4) is 11.4 Å². The summed E-state index contributed by atoms with van der Waals surface area (Å²) in [4.78, 5) is 8.64. The standard InChI is InChI=1S/C28H34N2O4S/c1-18-15-27(30-28(18)26-10-5-22(17-29-26)19(2)31)25(16-20-11-13-34-14-12-20)21-3-6-23(7-4-21)35(32,33)24-8-9-24/h3-7,10,15,17,19-20,24-25,30-31H,8-9,11-14,16H2,1-2H3. The van der Waals surface area contributed by atoms with Crippen LogP contribution in [0, 0.1) is 12.8 Å². The molecule has 2 unspecified atom stereocenters. The average Bonchev–Trinajstić information content (AvgIpc) is 3.66. The van der Waals surface area contributed by atoms with Crippen LogP contribution in [0.1, 0.15) is 73.4 Å². The summed E-state index contributed by atoms with van der Waals surface area (Å²) in [5.74, 6) is 0.680. The number of pyridine rings is 1. The van der Waals surface area contributed by atoms with Gasteiger partial charge in [0.25, 0.3) is 0 Å². The number of rotatable bonds is 8. The number of aryl methyl sites for hydroxylation is 1. The third-order valence-electron chi connectivity index (χ3n) is 7.42. The molecule has 35 heavy (non-hydrogen) atoms. The molecule has 2 atom stereocenters. The highest BCUT2D eigenvalue weighted by Crippen LogP contribution is 2.38. The monoisotopic (exact) mass is 494 g/mol. The molecule has 1 saturated heterocycles. The van der Waals surface area contributed by atoms with Crippen molar-refractivity contribution < 1.29 is 18.3 Å². The third-order valence-corrected chi connectivity index (χ3v) is 9.70. The molecule has 2 aliphatic rings. The molecule has 1 aliphatic carbocycles. The van der Waals surface area contributed by atoms with E-state index in [9.17, 15) is 13.5 Å². The van der Waals surface area contributed by atoms with Crippen LogP contribution in [0.3, 0.4) is 0 Å². The number of aromatic amines is 1. The molecule has 2 N–H and O–H groups in total. The Morgan fingerprint density at radius 2 is 1.74 bits per heavy atom. The predicted molar refractivity (Wildman–Crippen MR) is 136 cm³/mol. The lowest BCUT2D eigenvalue weighted by atomic mass is 9.83. The maximum atomic E-state index is 12.7. The molecule has 186 valence electrons. The number of benzene rings is 1. The molecule has 3 heterocycles. The zero-order chi connectivity index (χ0) is 24.6. The fraction of sp³-hybridized carbons (Fsp3) is 0.464. The van der Waals surface area contributed by atoms with Crippen molar-refractivity contribution in [1.29, 1.82) is 0 Å². The van der Waals surface area contributed by atoms with Gasteiger partial charge in [0.1, 0.15) is 0 Å². The lowest BCUT2D eigenvalue weighted by molar-refractivity contribution is 0.0626. The van der Waals surface area contributed by atoms with Gasteiger partial charge in [0, 0.05) is 31.0 Å². The molecule has 3 aromatic rings. The molecule has 2 fully saturated rings. The van der Waals surface area contributed by atoms with Gasteiger partial charge in [-0.3, -0.25) is 4.98 Å². The van der Waals surface area contributed by atoms with E-state index in [4.69, 9.17) is 4.74 Å². The SMILES string of the molecule is Cc1cc(C(CC2CCOCC2)c2ccc(S(=O)(=O)C3CC3)cc2)[nH]c1-c1ccc(C(C)O)cn1. The summed E-state index contributed by atoms with van der Waals surface area (Å²) in [6.07, 6.45) is 5.77. The number of nitrogens with zero attached hydrogens (tertiary/aromatic N) is 1. The smallest absolute Gasteiger partial charge is 0.181 e. The van der Waals surface area contributed by atoms with Gasteiger partial charge in [-0.1, -0.05) is 18.2 Å². The molecule has 2 aromatic heterocycles. The Kier molecular flexibility index (Phi) is 6.84. The van der Waals surface area contributed by atoms with E-state index < -0.39 is 15.9 Å². The normalized spacial score (nSPS) is 18.9. The van der Waals surface area contributed by atoms with Crippen molar-refractivity contribution in [2.45, 2.75) is 68.1 Å². The van der Waals surface area contributed by atoms with Crippen LogP contribution in [0.15, 0.2) is 53.6 Å². The molecular formula is C28H34N2O4S. The summed E-state index contributed by atoms with van der Waals surface area (Å²) in [5, 5.41) is 9.61. The summed E-state index contributed by atoms with van der Waals surface area (Å²) in [6, 6.07) is 13.6. The second-order valence-corrected chi connectivity index (χ2v) is 12.3. The minimum absolute atomic E-state index is 0.125. The van der Waals surface area contributed by atoms with E-state index in [1.54, 1.807) is 25.3 Å². The van der Waals surface area contributed by atoms with E-state index in [0.29, 0.717) is 10.8 Å². The molecule has 1 aromatic carbocycles. The Hall–Kier alpha value is -2.48. The Labute approximate surface area is 207 Å². The highest BCUT2D eigenvalue weighted by molar-refractivity contribution is 7.92. The maximum absolute atomic E-state index is 12.7. The molecule has 5 rings (SSSR count). The van der Waals surface area contributed by atoms with Crippen LogP contribution in [0.25, 0.3) is 11.4 Å². The van der Waals surface area contributed by atoms with Crippen molar-refractivity contribution >= 4 is 9.84 Å². The van der Waals surface area contributed by atoms with Gasteiger partial charge >= 0.3 is 0 Å². The first-order valence-corrected chi connectivity index (χ1v) is 14.1.